The summed E-state index contributed by atoms with van der Waals surface area (Å²) in [6.45, 7) is 4.63. The summed E-state index contributed by atoms with van der Waals surface area (Å²) in [4.78, 5) is 2.50. The van der Waals surface area contributed by atoms with Gasteiger partial charge in [0.05, 0.1) is 7.11 Å². The van der Waals surface area contributed by atoms with Crippen molar-refractivity contribution in [2.24, 2.45) is 0 Å². The maximum absolute atomic E-state index is 5.19. The quantitative estimate of drug-likeness (QED) is 0.864. The molecular formula is C17H28N2O. The Hall–Kier alpha value is -1.06. The summed E-state index contributed by atoms with van der Waals surface area (Å²) in [5.74, 6) is 0.929. The number of rotatable bonds is 6. The molecule has 0 amide bonds. The Kier molecular flexibility index (Phi) is 5.86. The zero-order valence-electron chi connectivity index (χ0n) is 13.1. The summed E-state index contributed by atoms with van der Waals surface area (Å²) >= 11 is 0. The van der Waals surface area contributed by atoms with Gasteiger partial charge in [-0.3, -0.25) is 0 Å². The normalized spacial score (nSPS) is 21.6. The predicted octanol–water partition coefficient (Wildman–Crippen LogP) is 2.70. The lowest BCUT2D eigenvalue weighted by molar-refractivity contribution is 0.178. The van der Waals surface area contributed by atoms with Crippen molar-refractivity contribution in [2.45, 2.75) is 44.7 Å². The van der Waals surface area contributed by atoms with Gasteiger partial charge in [-0.05, 0) is 57.5 Å². The Bertz CT molecular complexity index is 390. The zero-order valence-corrected chi connectivity index (χ0v) is 13.1. The molecule has 1 aromatic carbocycles. The molecule has 0 aliphatic carbocycles. The van der Waals surface area contributed by atoms with Gasteiger partial charge < -0.3 is 15.0 Å². The zero-order chi connectivity index (χ0) is 14.4. The second-order valence-electron chi connectivity index (χ2n) is 5.99. The molecule has 1 aliphatic rings. The Labute approximate surface area is 123 Å². The van der Waals surface area contributed by atoms with Crippen LogP contribution in [-0.4, -0.2) is 44.2 Å². The SMILES string of the molecule is COc1ccc(CC(C)NCC2CCCCN2C)cc1. The summed E-state index contributed by atoms with van der Waals surface area (Å²) in [6, 6.07) is 9.61. The number of likely N-dealkylation sites (tertiary alicyclic amines) is 1. The number of hydrogen-bond acceptors (Lipinski definition) is 3. The first-order chi connectivity index (χ1) is 9.69. The molecule has 2 rings (SSSR count). The Morgan fingerprint density at radius 3 is 2.70 bits per heavy atom. The van der Waals surface area contributed by atoms with E-state index in [-0.39, 0.29) is 0 Å². The van der Waals surface area contributed by atoms with Gasteiger partial charge in [-0.1, -0.05) is 18.6 Å². The molecule has 1 aliphatic heterocycles. The molecule has 3 nitrogen and oxygen atoms in total. The molecule has 1 fully saturated rings. The molecule has 0 radical (unpaired) electrons. The third-order valence-corrected chi connectivity index (χ3v) is 4.32. The average molecular weight is 276 g/mol. The molecule has 1 aromatic rings. The van der Waals surface area contributed by atoms with Gasteiger partial charge in [0.25, 0.3) is 0 Å². The van der Waals surface area contributed by atoms with Crippen molar-refractivity contribution < 1.29 is 4.74 Å². The highest BCUT2D eigenvalue weighted by Crippen LogP contribution is 2.15. The number of nitrogens with one attached hydrogen (secondary N) is 1. The van der Waals surface area contributed by atoms with Crippen molar-refractivity contribution in [1.82, 2.24) is 10.2 Å². The van der Waals surface area contributed by atoms with Gasteiger partial charge in [-0.25, -0.2) is 0 Å². The lowest BCUT2D eigenvalue weighted by atomic mass is 10.0. The fraction of sp³-hybridized carbons (Fsp3) is 0.647. The first kappa shape index (κ1) is 15.3. The number of methoxy groups -OCH3 is 1. The van der Waals surface area contributed by atoms with Gasteiger partial charge in [-0.15, -0.1) is 0 Å². The molecule has 0 spiro atoms. The summed E-state index contributed by atoms with van der Waals surface area (Å²) in [7, 11) is 3.96. The second-order valence-corrected chi connectivity index (χ2v) is 5.99. The molecular weight excluding hydrogens is 248 g/mol. The van der Waals surface area contributed by atoms with Gasteiger partial charge in [0.15, 0.2) is 0 Å². The highest BCUT2D eigenvalue weighted by atomic mass is 16.5. The highest BCUT2D eigenvalue weighted by Gasteiger charge is 2.18. The molecule has 112 valence electrons. The first-order valence-corrected chi connectivity index (χ1v) is 7.75. The third-order valence-electron chi connectivity index (χ3n) is 4.32. The van der Waals surface area contributed by atoms with E-state index in [1.807, 2.05) is 12.1 Å². The van der Waals surface area contributed by atoms with Crippen LogP contribution >= 0.6 is 0 Å². The van der Waals surface area contributed by atoms with Gasteiger partial charge in [0.1, 0.15) is 5.75 Å². The van der Waals surface area contributed by atoms with Crippen LogP contribution in [0, 0.1) is 0 Å². The highest BCUT2D eigenvalue weighted by molar-refractivity contribution is 5.27. The fourth-order valence-corrected chi connectivity index (χ4v) is 2.93. The van der Waals surface area contributed by atoms with E-state index in [0.717, 1.165) is 18.7 Å². The van der Waals surface area contributed by atoms with E-state index in [1.165, 1.54) is 31.4 Å². The van der Waals surface area contributed by atoms with Crippen LogP contribution in [0.4, 0.5) is 0 Å². The summed E-state index contributed by atoms with van der Waals surface area (Å²) in [5.41, 5.74) is 1.36. The van der Waals surface area contributed by atoms with Crippen molar-refractivity contribution in [3.05, 3.63) is 29.8 Å². The van der Waals surface area contributed by atoms with E-state index < -0.39 is 0 Å². The minimum atomic E-state index is 0.513. The van der Waals surface area contributed by atoms with Crippen LogP contribution in [0.15, 0.2) is 24.3 Å². The van der Waals surface area contributed by atoms with Crippen LogP contribution in [0.2, 0.25) is 0 Å². The molecule has 1 N–H and O–H groups in total. The smallest absolute Gasteiger partial charge is 0.118 e. The van der Waals surface area contributed by atoms with Crippen molar-refractivity contribution in [2.75, 3.05) is 27.2 Å². The number of benzene rings is 1. The molecule has 2 unspecified atom stereocenters. The second kappa shape index (κ2) is 7.65. The predicted molar refractivity (Wildman–Crippen MR) is 84.4 cm³/mol. The summed E-state index contributed by atoms with van der Waals surface area (Å²) in [5, 5.41) is 3.69. The number of likely N-dealkylation sites (N-methyl/N-ethyl adjacent to an activating group) is 1. The van der Waals surface area contributed by atoms with E-state index >= 15 is 0 Å². The van der Waals surface area contributed by atoms with Crippen LogP contribution in [-0.2, 0) is 6.42 Å². The van der Waals surface area contributed by atoms with E-state index in [4.69, 9.17) is 4.74 Å². The Morgan fingerprint density at radius 1 is 1.30 bits per heavy atom. The lowest BCUT2D eigenvalue weighted by Crippen LogP contribution is -2.45. The minimum absolute atomic E-state index is 0.513. The van der Waals surface area contributed by atoms with Crippen LogP contribution in [0.1, 0.15) is 31.7 Å². The largest absolute Gasteiger partial charge is 0.497 e. The molecule has 20 heavy (non-hydrogen) atoms. The van der Waals surface area contributed by atoms with Crippen molar-refractivity contribution >= 4 is 0 Å². The molecule has 1 heterocycles. The number of hydrogen-bond donors (Lipinski definition) is 1. The number of nitrogens with zero attached hydrogens (tertiary/aromatic N) is 1. The molecule has 0 aromatic heterocycles. The van der Waals surface area contributed by atoms with E-state index in [2.05, 4.69) is 36.3 Å². The first-order valence-electron chi connectivity index (χ1n) is 7.75. The van der Waals surface area contributed by atoms with Gasteiger partial charge in [-0.2, -0.15) is 0 Å². The van der Waals surface area contributed by atoms with Gasteiger partial charge in [0, 0.05) is 18.6 Å². The summed E-state index contributed by atoms with van der Waals surface area (Å²) < 4.78 is 5.19. The third kappa shape index (κ3) is 4.50. The van der Waals surface area contributed by atoms with Crippen LogP contribution in [0.5, 0.6) is 5.75 Å². The van der Waals surface area contributed by atoms with Crippen LogP contribution < -0.4 is 10.1 Å². The van der Waals surface area contributed by atoms with E-state index in [9.17, 15) is 0 Å². The van der Waals surface area contributed by atoms with E-state index in [1.54, 1.807) is 7.11 Å². The monoisotopic (exact) mass is 276 g/mol. The lowest BCUT2D eigenvalue weighted by Gasteiger charge is -2.33. The van der Waals surface area contributed by atoms with Gasteiger partial charge >= 0.3 is 0 Å². The maximum Gasteiger partial charge on any atom is 0.118 e. The van der Waals surface area contributed by atoms with Crippen molar-refractivity contribution in [3.8, 4) is 5.75 Å². The van der Waals surface area contributed by atoms with Crippen molar-refractivity contribution in [1.29, 1.82) is 0 Å². The molecule has 3 heteroatoms. The fourth-order valence-electron chi connectivity index (χ4n) is 2.93. The van der Waals surface area contributed by atoms with Gasteiger partial charge in [0.2, 0.25) is 0 Å². The average Bonchev–Trinajstić information content (AvgIpc) is 2.47. The standard InChI is InChI=1S/C17H28N2O/c1-14(12-15-7-9-17(20-3)10-8-15)18-13-16-6-4-5-11-19(16)2/h7-10,14,16,18H,4-6,11-13H2,1-3H3. The Balaban J connectivity index is 1.75. The molecule has 1 saturated heterocycles. The van der Waals surface area contributed by atoms with Crippen LogP contribution in [0.25, 0.3) is 0 Å². The van der Waals surface area contributed by atoms with Crippen LogP contribution in [0.3, 0.4) is 0 Å². The summed E-state index contributed by atoms with van der Waals surface area (Å²) in [6.07, 6.45) is 5.14. The number of piperidine rings is 1. The van der Waals surface area contributed by atoms with E-state index in [0.29, 0.717) is 12.1 Å². The minimum Gasteiger partial charge on any atom is -0.497 e. The number of ether oxygens (including phenoxy) is 1. The molecule has 0 bridgehead atoms. The topological polar surface area (TPSA) is 24.5 Å². The molecule has 2 atom stereocenters. The molecule has 0 saturated carbocycles. The van der Waals surface area contributed by atoms with Crippen molar-refractivity contribution in [3.63, 3.8) is 0 Å². The maximum atomic E-state index is 5.19. The Morgan fingerprint density at radius 2 is 2.05 bits per heavy atom.